The van der Waals surface area contributed by atoms with E-state index < -0.39 is 29.3 Å². The molecule has 1 aromatic carbocycles. The molecule has 0 unspecified atom stereocenters. The summed E-state index contributed by atoms with van der Waals surface area (Å²) in [5.41, 5.74) is -0.507. The molecule has 1 aromatic rings. The normalized spacial score (nSPS) is 11.6. The van der Waals surface area contributed by atoms with E-state index in [1.54, 1.807) is 0 Å². The van der Waals surface area contributed by atoms with Gasteiger partial charge in [0.1, 0.15) is 5.82 Å². The van der Waals surface area contributed by atoms with E-state index in [9.17, 15) is 22.0 Å². The standard InChI is InChI=1S/C8H4BrF5O/c9-3-4-5(10)1-2-6(11)7(4)15-8(12,13)14/h1-2H,3H2. The van der Waals surface area contributed by atoms with Crippen LogP contribution in [-0.4, -0.2) is 6.36 Å². The zero-order valence-corrected chi connectivity index (χ0v) is 8.62. The van der Waals surface area contributed by atoms with E-state index in [4.69, 9.17) is 0 Å². The SMILES string of the molecule is Fc1ccc(F)c(OC(F)(F)F)c1CBr. The lowest BCUT2D eigenvalue weighted by Gasteiger charge is -2.13. The third-order valence-corrected chi connectivity index (χ3v) is 2.07. The van der Waals surface area contributed by atoms with Crippen LogP contribution >= 0.6 is 15.9 Å². The Hall–Kier alpha value is -0.850. The van der Waals surface area contributed by atoms with Crippen LogP contribution in [0.4, 0.5) is 22.0 Å². The zero-order valence-electron chi connectivity index (χ0n) is 7.04. The van der Waals surface area contributed by atoms with Gasteiger partial charge in [-0.05, 0) is 12.1 Å². The Balaban J connectivity index is 3.20. The van der Waals surface area contributed by atoms with E-state index in [0.29, 0.717) is 6.07 Å². The minimum atomic E-state index is -5.05. The zero-order chi connectivity index (χ0) is 11.6. The molecule has 0 fully saturated rings. The fraction of sp³-hybridized carbons (Fsp3) is 0.250. The molecule has 7 heteroatoms. The quantitative estimate of drug-likeness (QED) is 0.595. The molecule has 0 spiro atoms. The smallest absolute Gasteiger partial charge is 0.402 e. The van der Waals surface area contributed by atoms with Crippen molar-refractivity contribution in [2.75, 3.05) is 0 Å². The Morgan fingerprint density at radius 2 is 1.67 bits per heavy atom. The molecule has 0 saturated heterocycles. The first kappa shape index (κ1) is 12.2. The molecule has 0 bridgehead atoms. The van der Waals surface area contributed by atoms with E-state index in [-0.39, 0.29) is 5.33 Å². The third kappa shape index (κ3) is 3.05. The van der Waals surface area contributed by atoms with Crippen LogP contribution in [0.5, 0.6) is 5.75 Å². The molecule has 0 N–H and O–H groups in total. The number of benzene rings is 1. The Kier molecular flexibility index (Phi) is 3.54. The minimum Gasteiger partial charge on any atom is -0.402 e. The third-order valence-electron chi connectivity index (χ3n) is 1.51. The fourth-order valence-electron chi connectivity index (χ4n) is 0.926. The van der Waals surface area contributed by atoms with Gasteiger partial charge in [-0.15, -0.1) is 13.2 Å². The molecular weight excluding hydrogens is 287 g/mol. The summed E-state index contributed by atoms with van der Waals surface area (Å²) in [7, 11) is 0. The van der Waals surface area contributed by atoms with Crippen LogP contribution in [0, 0.1) is 11.6 Å². The van der Waals surface area contributed by atoms with Gasteiger partial charge in [0.15, 0.2) is 11.6 Å². The molecule has 0 aliphatic carbocycles. The number of hydrogen-bond donors (Lipinski definition) is 0. The van der Waals surface area contributed by atoms with Crippen molar-refractivity contribution in [3.8, 4) is 5.75 Å². The molecule has 0 radical (unpaired) electrons. The predicted octanol–water partition coefficient (Wildman–Crippen LogP) is 3.76. The van der Waals surface area contributed by atoms with Gasteiger partial charge in [0, 0.05) is 10.9 Å². The van der Waals surface area contributed by atoms with Crippen LogP contribution in [0.1, 0.15) is 5.56 Å². The summed E-state index contributed by atoms with van der Waals surface area (Å²) in [6.45, 7) is 0. The van der Waals surface area contributed by atoms with Gasteiger partial charge in [0.2, 0.25) is 0 Å². The highest BCUT2D eigenvalue weighted by atomic mass is 79.9. The number of rotatable bonds is 2. The summed E-state index contributed by atoms with van der Waals surface area (Å²) in [5, 5.41) is -0.276. The minimum absolute atomic E-state index is 0.276. The summed E-state index contributed by atoms with van der Waals surface area (Å²) in [6.07, 6.45) is -5.05. The number of halogens is 6. The molecule has 0 aliphatic heterocycles. The monoisotopic (exact) mass is 290 g/mol. The molecule has 15 heavy (non-hydrogen) atoms. The van der Waals surface area contributed by atoms with Crippen molar-refractivity contribution in [3.05, 3.63) is 29.3 Å². The van der Waals surface area contributed by atoms with Crippen molar-refractivity contribution < 1.29 is 26.7 Å². The number of hydrogen-bond acceptors (Lipinski definition) is 1. The first-order valence-corrected chi connectivity index (χ1v) is 4.76. The lowest BCUT2D eigenvalue weighted by molar-refractivity contribution is -0.275. The van der Waals surface area contributed by atoms with Crippen molar-refractivity contribution in [3.63, 3.8) is 0 Å². The lowest BCUT2D eigenvalue weighted by atomic mass is 10.2. The second-order valence-electron chi connectivity index (χ2n) is 2.52. The molecule has 1 nitrogen and oxygen atoms in total. The second-order valence-corrected chi connectivity index (χ2v) is 3.08. The highest BCUT2D eigenvalue weighted by Crippen LogP contribution is 2.32. The van der Waals surface area contributed by atoms with Crippen molar-refractivity contribution in [2.24, 2.45) is 0 Å². The molecular formula is C8H4BrF5O. The van der Waals surface area contributed by atoms with Gasteiger partial charge in [0.05, 0.1) is 0 Å². The van der Waals surface area contributed by atoms with E-state index in [2.05, 4.69) is 20.7 Å². The van der Waals surface area contributed by atoms with E-state index in [0.717, 1.165) is 6.07 Å². The topological polar surface area (TPSA) is 9.23 Å². The van der Waals surface area contributed by atoms with Crippen molar-refractivity contribution in [1.29, 1.82) is 0 Å². The second kappa shape index (κ2) is 4.34. The summed E-state index contributed by atoms with van der Waals surface area (Å²) in [5.74, 6) is -3.37. The molecule has 0 atom stereocenters. The largest absolute Gasteiger partial charge is 0.573 e. The van der Waals surface area contributed by atoms with E-state index in [1.807, 2.05) is 0 Å². The fourth-order valence-corrected chi connectivity index (χ4v) is 1.45. The maximum absolute atomic E-state index is 13.0. The van der Waals surface area contributed by atoms with Crippen molar-refractivity contribution in [2.45, 2.75) is 11.7 Å². The van der Waals surface area contributed by atoms with Crippen LogP contribution in [0.3, 0.4) is 0 Å². The molecule has 0 amide bonds. The van der Waals surface area contributed by atoms with Gasteiger partial charge in [-0.25, -0.2) is 8.78 Å². The van der Waals surface area contributed by atoms with Gasteiger partial charge in [-0.1, -0.05) is 15.9 Å². The van der Waals surface area contributed by atoms with E-state index >= 15 is 0 Å². The van der Waals surface area contributed by atoms with Crippen molar-refractivity contribution >= 4 is 15.9 Å². The summed E-state index contributed by atoms with van der Waals surface area (Å²) < 4.78 is 64.8. The van der Waals surface area contributed by atoms with Gasteiger partial charge in [0.25, 0.3) is 0 Å². The van der Waals surface area contributed by atoms with E-state index in [1.165, 1.54) is 0 Å². The molecule has 1 rings (SSSR count). The van der Waals surface area contributed by atoms with Gasteiger partial charge < -0.3 is 4.74 Å². The highest BCUT2D eigenvalue weighted by molar-refractivity contribution is 9.08. The van der Waals surface area contributed by atoms with Crippen LogP contribution in [0.25, 0.3) is 0 Å². The maximum Gasteiger partial charge on any atom is 0.573 e. The summed E-state index contributed by atoms with van der Waals surface area (Å²) in [4.78, 5) is 0. The van der Waals surface area contributed by atoms with Crippen LogP contribution in [0.2, 0.25) is 0 Å². The molecule has 0 aromatic heterocycles. The van der Waals surface area contributed by atoms with Crippen LogP contribution in [0.15, 0.2) is 12.1 Å². The lowest BCUT2D eigenvalue weighted by Crippen LogP contribution is -2.19. The summed E-state index contributed by atoms with van der Waals surface area (Å²) >= 11 is 2.75. The Morgan fingerprint density at radius 1 is 1.13 bits per heavy atom. The average molecular weight is 291 g/mol. The van der Waals surface area contributed by atoms with Gasteiger partial charge in [-0.2, -0.15) is 0 Å². The predicted molar refractivity (Wildman–Crippen MR) is 45.7 cm³/mol. The molecule has 84 valence electrons. The number of ether oxygens (including phenoxy) is 1. The maximum atomic E-state index is 13.0. The summed E-state index contributed by atoms with van der Waals surface area (Å²) in [6, 6.07) is 1.30. The molecule has 0 heterocycles. The van der Waals surface area contributed by atoms with Crippen molar-refractivity contribution in [1.82, 2.24) is 0 Å². The average Bonchev–Trinajstić information content (AvgIpc) is 2.10. The number of alkyl halides is 4. The Labute approximate surface area is 90.0 Å². The molecule has 0 saturated carbocycles. The Bertz CT molecular complexity index is 363. The first-order valence-electron chi connectivity index (χ1n) is 3.63. The first-order chi connectivity index (χ1) is 6.85. The van der Waals surface area contributed by atoms with Crippen LogP contribution < -0.4 is 4.74 Å². The Morgan fingerprint density at radius 3 is 2.13 bits per heavy atom. The highest BCUT2D eigenvalue weighted by Gasteiger charge is 2.34. The van der Waals surface area contributed by atoms with Gasteiger partial charge >= 0.3 is 6.36 Å². The van der Waals surface area contributed by atoms with Crippen LogP contribution in [-0.2, 0) is 5.33 Å². The molecule has 0 aliphatic rings. The van der Waals surface area contributed by atoms with Gasteiger partial charge in [-0.3, -0.25) is 0 Å².